The van der Waals surface area contributed by atoms with Gasteiger partial charge >= 0.3 is 5.97 Å². The van der Waals surface area contributed by atoms with Crippen LogP contribution < -0.4 is 0 Å². The molecule has 6 nitrogen and oxygen atoms in total. The fourth-order valence-electron chi connectivity index (χ4n) is 3.05. The van der Waals surface area contributed by atoms with Crippen LogP contribution in [0.25, 0.3) is 21.5 Å². The molecular weight excluding hydrogens is 324 g/mol. The van der Waals surface area contributed by atoms with Gasteiger partial charge in [0.1, 0.15) is 0 Å². The molecule has 25 heavy (non-hydrogen) atoms. The summed E-state index contributed by atoms with van der Waals surface area (Å²) in [5.41, 5.74) is -0.392. The average molecular weight is 334 g/mol. The van der Waals surface area contributed by atoms with Gasteiger partial charge in [-0.15, -0.1) is 0 Å². The molecular formula is C19H10O6. The lowest BCUT2D eigenvalue weighted by molar-refractivity contribution is 0.0698. The van der Waals surface area contributed by atoms with Gasteiger partial charge < -0.3 is 5.11 Å². The molecule has 0 amide bonds. The van der Waals surface area contributed by atoms with Gasteiger partial charge in [-0.1, -0.05) is 12.1 Å². The fourth-order valence-corrected chi connectivity index (χ4v) is 3.05. The quantitative estimate of drug-likeness (QED) is 0.568. The lowest BCUT2D eigenvalue weighted by atomic mass is 9.88. The van der Waals surface area contributed by atoms with Gasteiger partial charge in [0.25, 0.3) is 0 Å². The van der Waals surface area contributed by atoms with E-state index in [1.165, 1.54) is 18.2 Å². The molecule has 0 bridgehead atoms. The summed E-state index contributed by atoms with van der Waals surface area (Å²) in [5, 5.41) is 10.8. The number of rotatable bonds is 5. The Bertz CT molecular complexity index is 1090. The van der Waals surface area contributed by atoms with Crippen molar-refractivity contribution in [2.24, 2.45) is 0 Å². The monoisotopic (exact) mass is 334 g/mol. The number of carboxylic acids is 1. The standard InChI is InChI=1S/C19H10O6/c20-6-15-13-4-10-2-1-3-11(19(24)25)12(10)5-14(13)16(7-21)18(9-23)17(15)8-22/h1-9H,(H,24,25). The van der Waals surface area contributed by atoms with Gasteiger partial charge in [0, 0.05) is 22.3 Å². The normalized spacial score (nSPS) is 10.6. The number of fused-ring (bicyclic) bond motifs is 2. The second-order valence-electron chi connectivity index (χ2n) is 5.36. The Balaban J connectivity index is 2.65. The van der Waals surface area contributed by atoms with E-state index in [1.807, 2.05) is 0 Å². The summed E-state index contributed by atoms with van der Waals surface area (Å²) in [6.07, 6.45) is 1.56. The second kappa shape index (κ2) is 6.09. The van der Waals surface area contributed by atoms with Crippen LogP contribution in [-0.2, 0) is 0 Å². The van der Waals surface area contributed by atoms with Crippen LogP contribution in [0.15, 0.2) is 30.3 Å². The number of hydrogen-bond donors (Lipinski definition) is 1. The van der Waals surface area contributed by atoms with Gasteiger partial charge in [-0.25, -0.2) is 4.79 Å². The van der Waals surface area contributed by atoms with Gasteiger partial charge in [-0.05, 0) is 39.7 Å². The predicted molar refractivity (Wildman–Crippen MR) is 90.0 cm³/mol. The highest BCUT2D eigenvalue weighted by Gasteiger charge is 2.20. The largest absolute Gasteiger partial charge is 0.478 e. The van der Waals surface area contributed by atoms with Crippen molar-refractivity contribution in [3.05, 3.63) is 58.1 Å². The molecule has 0 heterocycles. The first-order valence-corrected chi connectivity index (χ1v) is 7.17. The van der Waals surface area contributed by atoms with Crippen molar-refractivity contribution in [1.29, 1.82) is 0 Å². The number of carboxylic acid groups (broad SMARTS) is 1. The van der Waals surface area contributed by atoms with Crippen LogP contribution in [-0.4, -0.2) is 36.2 Å². The molecule has 0 radical (unpaired) electrons. The predicted octanol–water partition coefficient (Wildman–Crippen LogP) is 2.94. The first-order chi connectivity index (χ1) is 12.1. The van der Waals surface area contributed by atoms with E-state index in [0.717, 1.165) is 0 Å². The number of aromatic carboxylic acids is 1. The van der Waals surface area contributed by atoms with Crippen LogP contribution in [0.1, 0.15) is 51.8 Å². The summed E-state index contributed by atoms with van der Waals surface area (Å²) in [7, 11) is 0. The van der Waals surface area contributed by atoms with Crippen LogP contribution in [0.2, 0.25) is 0 Å². The Labute approximate surface area is 140 Å². The molecule has 0 aliphatic rings. The lowest BCUT2D eigenvalue weighted by Crippen LogP contribution is -2.05. The van der Waals surface area contributed by atoms with Crippen molar-refractivity contribution in [1.82, 2.24) is 0 Å². The third-order valence-corrected chi connectivity index (χ3v) is 4.17. The Hall–Kier alpha value is -3.67. The smallest absolute Gasteiger partial charge is 0.336 e. The van der Waals surface area contributed by atoms with E-state index in [2.05, 4.69) is 0 Å². The molecule has 3 rings (SSSR count). The lowest BCUT2D eigenvalue weighted by Gasteiger charge is -2.13. The maximum absolute atomic E-state index is 11.5. The highest BCUT2D eigenvalue weighted by Crippen LogP contribution is 2.32. The minimum absolute atomic E-state index is 0.0136. The summed E-state index contributed by atoms with van der Waals surface area (Å²) < 4.78 is 0. The number of carbonyl (C=O) groups is 5. The summed E-state index contributed by atoms with van der Waals surface area (Å²) in [6, 6.07) is 7.61. The Kier molecular flexibility index (Phi) is 3.94. The Morgan fingerprint density at radius 3 is 1.72 bits per heavy atom. The van der Waals surface area contributed by atoms with E-state index in [-0.39, 0.29) is 33.2 Å². The van der Waals surface area contributed by atoms with E-state index in [1.54, 1.807) is 12.1 Å². The number of benzene rings is 3. The van der Waals surface area contributed by atoms with Crippen LogP contribution in [0.5, 0.6) is 0 Å². The zero-order valence-corrected chi connectivity index (χ0v) is 12.7. The van der Waals surface area contributed by atoms with Gasteiger partial charge in [-0.3, -0.25) is 19.2 Å². The van der Waals surface area contributed by atoms with Crippen LogP contribution in [0.3, 0.4) is 0 Å². The van der Waals surface area contributed by atoms with Gasteiger partial charge in [0.15, 0.2) is 25.1 Å². The van der Waals surface area contributed by atoms with Gasteiger partial charge in [0.2, 0.25) is 0 Å². The highest BCUT2D eigenvalue weighted by atomic mass is 16.4. The van der Waals surface area contributed by atoms with Crippen LogP contribution in [0, 0.1) is 0 Å². The SMILES string of the molecule is O=Cc1c(C=O)c(C=O)c2cc3c(C(=O)O)cccc3cc2c1C=O. The summed E-state index contributed by atoms with van der Waals surface area (Å²) >= 11 is 0. The van der Waals surface area contributed by atoms with Crippen molar-refractivity contribution in [2.45, 2.75) is 0 Å². The van der Waals surface area contributed by atoms with Crippen molar-refractivity contribution >= 4 is 52.7 Å². The molecule has 1 N–H and O–H groups in total. The Morgan fingerprint density at radius 1 is 0.720 bits per heavy atom. The van der Waals surface area contributed by atoms with Crippen molar-refractivity contribution in [3.8, 4) is 0 Å². The minimum atomic E-state index is -1.15. The number of hydrogen-bond acceptors (Lipinski definition) is 5. The zero-order valence-electron chi connectivity index (χ0n) is 12.7. The summed E-state index contributed by atoms with van der Waals surface area (Å²) in [5.74, 6) is -1.15. The van der Waals surface area contributed by atoms with Crippen LogP contribution >= 0.6 is 0 Å². The summed E-state index contributed by atoms with van der Waals surface area (Å²) in [6.45, 7) is 0. The molecule has 0 saturated carbocycles. The first-order valence-electron chi connectivity index (χ1n) is 7.17. The van der Waals surface area contributed by atoms with Crippen molar-refractivity contribution < 1.29 is 29.1 Å². The molecule has 122 valence electrons. The molecule has 0 atom stereocenters. The Morgan fingerprint density at radius 2 is 1.24 bits per heavy atom. The number of carbonyl (C=O) groups excluding carboxylic acids is 4. The third kappa shape index (κ3) is 2.31. The van der Waals surface area contributed by atoms with Crippen molar-refractivity contribution in [2.75, 3.05) is 0 Å². The number of aldehydes is 4. The molecule has 0 saturated heterocycles. The van der Waals surface area contributed by atoms with E-state index < -0.39 is 5.97 Å². The molecule has 6 heteroatoms. The van der Waals surface area contributed by atoms with Gasteiger partial charge in [-0.2, -0.15) is 0 Å². The molecule has 0 spiro atoms. The molecule has 3 aromatic carbocycles. The molecule has 0 aliphatic carbocycles. The van der Waals surface area contributed by atoms with E-state index in [4.69, 9.17) is 0 Å². The molecule has 0 aromatic heterocycles. The maximum atomic E-state index is 11.5. The molecule has 0 aliphatic heterocycles. The third-order valence-electron chi connectivity index (χ3n) is 4.17. The summed E-state index contributed by atoms with van der Waals surface area (Å²) in [4.78, 5) is 57.3. The van der Waals surface area contributed by atoms with Gasteiger partial charge in [0.05, 0.1) is 5.56 Å². The average Bonchev–Trinajstić information content (AvgIpc) is 2.63. The molecule has 0 unspecified atom stereocenters. The minimum Gasteiger partial charge on any atom is -0.478 e. The highest BCUT2D eigenvalue weighted by molar-refractivity contribution is 6.20. The van der Waals surface area contributed by atoms with E-state index in [0.29, 0.717) is 41.3 Å². The van der Waals surface area contributed by atoms with Crippen LogP contribution in [0.4, 0.5) is 0 Å². The maximum Gasteiger partial charge on any atom is 0.336 e. The topological polar surface area (TPSA) is 106 Å². The van der Waals surface area contributed by atoms with E-state index in [9.17, 15) is 29.1 Å². The molecule has 3 aromatic rings. The van der Waals surface area contributed by atoms with Crippen molar-refractivity contribution in [3.63, 3.8) is 0 Å². The first kappa shape index (κ1) is 16.2. The second-order valence-corrected chi connectivity index (χ2v) is 5.36. The van der Waals surface area contributed by atoms with E-state index >= 15 is 0 Å². The fraction of sp³-hybridized carbons (Fsp3) is 0. The molecule has 0 fully saturated rings. The zero-order chi connectivity index (χ0) is 18.1.